The minimum Gasteiger partial charge on any atom is -0.481 e. The van der Waals surface area contributed by atoms with Crippen molar-refractivity contribution in [2.24, 2.45) is 56.7 Å². The van der Waals surface area contributed by atoms with Crippen LogP contribution >= 0.6 is 0 Å². The highest BCUT2D eigenvalue weighted by atomic mass is 32.2. The van der Waals surface area contributed by atoms with E-state index in [9.17, 15) is 28.7 Å². The number of fused-ring (bicyclic) bond motifs is 7. The highest BCUT2D eigenvalue weighted by Gasteiger charge is 2.70. The van der Waals surface area contributed by atoms with Crippen LogP contribution in [-0.4, -0.2) is 65.4 Å². The van der Waals surface area contributed by atoms with E-state index in [0.717, 1.165) is 25.8 Å². The van der Waals surface area contributed by atoms with Crippen LogP contribution in [0.15, 0.2) is 53.8 Å². The average Bonchev–Trinajstić information content (AvgIpc) is 3.60. The molecule has 0 aromatic carbocycles. The molecular weight excluding hydrogens is 795 g/mol. The van der Waals surface area contributed by atoms with Crippen molar-refractivity contribution in [1.29, 1.82) is 5.26 Å². The van der Waals surface area contributed by atoms with Crippen LogP contribution in [0.2, 0.25) is 0 Å². The summed E-state index contributed by atoms with van der Waals surface area (Å²) in [5, 5.41) is 35.5. The molecule has 0 spiro atoms. The van der Waals surface area contributed by atoms with E-state index in [4.69, 9.17) is 4.74 Å². The van der Waals surface area contributed by atoms with Crippen LogP contribution in [0, 0.1) is 68.0 Å². The number of nitriles is 1. The number of aromatic nitrogens is 1. The Hall–Kier alpha value is -3.00. The fourth-order valence-corrected chi connectivity index (χ4v) is 17.4. The van der Waals surface area contributed by atoms with Crippen LogP contribution in [0.3, 0.4) is 0 Å². The molecule has 7 aliphatic carbocycles. The molecule has 62 heavy (non-hydrogen) atoms. The Bertz CT molecular complexity index is 2170. The predicted molar refractivity (Wildman–Crippen MR) is 244 cm³/mol. The second kappa shape index (κ2) is 15.9. The lowest BCUT2D eigenvalue weighted by Crippen LogP contribution is -2.68. The molecule has 1 heterocycles. The molecule has 0 radical (unpaired) electrons. The van der Waals surface area contributed by atoms with Gasteiger partial charge in [0.05, 0.1) is 10.9 Å². The number of ether oxygens (including phenoxy) is 1. The molecule has 10 atom stereocenters. The summed E-state index contributed by atoms with van der Waals surface area (Å²) < 4.78 is 30.4. The summed E-state index contributed by atoms with van der Waals surface area (Å²) in [4.78, 5) is 17.0. The van der Waals surface area contributed by atoms with Crippen molar-refractivity contribution in [1.82, 2.24) is 10.3 Å². The molecule has 7 aliphatic rings. The standard InChI is InChI=1S/C52H75N3O6S/c1-34(2)38-17-26-52(55-31-29-51(58)24-15-37(16-25-51)62(8,59)60)28-27-48(6)40(43(38)52)11-12-42-47(5)20-18-39(46(3,4)41(47)19-21-49(42,48)7)35-13-22-50(23-14-35,45(56)57)33-61-44-36(32-53)10-9-30-54-44/h9-10,13,18,30,37-38,40-43,55,58H,1,11-12,14-17,19-29,31,33H2,2-8H3,(H,56,57)/t37-,38-,40+,41-,42+,43+,47-,48+,49+,50-,51-,52-/m0/s1. The van der Waals surface area contributed by atoms with E-state index in [1.807, 2.05) is 0 Å². The molecule has 5 saturated carbocycles. The zero-order valence-corrected chi connectivity index (χ0v) is 39.6. The third-order valence-electron chi connectivity index (χ3n) is 20.0. The first kappa shape index (κ1) is 45.6. The summed E-state index contributed by atoms with van der Waals surface area (Å²) in [6, 6.07) is 5.42. The molecule has 0 saturated heterocycles. The van der Waals surface area contributed by atoms with Crippen LogP contribution in [0.4, 0.5) is 0 Å². The number of nitrogens with zero attached hydrogens (tertiary/aromatic N) is 2. The van der Waals surface area contributed by atoms with E-state index in [1.165, 1.54) is 61.5 Å². The number of hydrogen-bond donors (Lipinski definition) is 3. The number of rotatable bonds is 11. The normalized spacial score (nSPS) is 42.4. The first-order valence-electron chi connectivity index (χ1n) is 24.0. The smallest absolute Gasteiger partial charge is 0.313 e. The van der Waals surface area contributed by atoms with Crippen molar-refractivity contribution < 1.29 is 28.2 Å². The topological polar surface area (TPSA) is 150 Å². The summed E-state index contributed by atoms with van der Waals surface area (Å²) in [7, 11) is -3.08. The van der Waals surface area contributed by atoms with Gasteiger partial charge in [-0.25, -0.2) is 13.4 Å². The molecular formula is C52H75N3O6S. The summed E-state index contributed by atoms with van der Waals surface area (Å²) in [6.45, 7) is 20.5. The SMILES string of the molecule is C=C(C)[C@@H]1CC[C@]2(NCC[C@]3(O)CC[C@H](S(C)(=O)=O)CC3)CC[C@]3(C)[C@H](CC[C@@H]4[C@@]5(C)CC=C(C6=CC[C@](COc7ncccc7C#N)(C(=O)O)CC6)C(C)(C)[C@@H]5CC[C@]43C)[C@@H]12. The van der Waals surface area contributed by atoms with Gasteiger partial charge in [-0.2, -0.15) is 5.26 Å². The van der Waals surface area contributed by atoms with Crippen molar-refractivity contribution in [3.8, 4) is 11.9 Å². The van der Waals surface area contributed by atoms with E-state index < -0.39 is 26.8 Å². The van der Waals surface area contributed by atoms with Crippen LogP contribution in [0.1, 0.15) is 156 Å². The van der Waals surface area contributed by atoms with Gasteiger partial charge in [0.15, 0.2) is 0 Å². The Morgan fingerprint density at radius 1 is 0.952 bits per heavy atom. The van der Waals surface area contributed by atoms with Crippen molar-refractivity contribution in [3.05, 3.63) is 59.3 Å². The Balaban J connectivity index is 0.998. The second-order valence-corrected chi connectivity index (χ2v) is 25.4. The first-order chi connectivity index (χ1) is 29.1. The van der Waals surface area contributed by atoms with Crippen molar-refractivity contribution in [2.45, 2.75) is 167 Å². The number of hydrogen-bond acceptors (Lipinski definition) is 8. The zero-order chi connectivity index (χ0) is 44.7. The molecule has 8 rings (SSSR count). The van der Waals surface area contributed by atoms with Gasteiger partial charge >= 0.3 is 5.97 Å². The highest BCUT2D eigenvalue weighted by Crippen LogP contribution is 2.76. The maximum Gasteiger partial charge on any atom is 0.313 e. The maximum absolute atomic E-state index is 12.8. The van der Waals surface area contributed by atoms with Gasteiger partial charge < -0.3 is 20.3 Å². The van der Waals surface area contributed by atoms with Crippen LogP contribution < -0.4 is 10.1 Å². The Kier molecular flexibility index (Phi) is 11.7. The Morgan fingerprint density at radius 3 is 2.34 bits per heavy atom. The van der Waals surface area contributed by atoms with Gasteiger partial charge in [0, 0.05) is 18.0 Å². The number of sulfone groups is 1. The molecule has 0 aliphatic heterocycles. The maximum atomic E-state index is 12.8. The minimum atomic E-state index is -3.08. The van der Waals surface area contributed by atoms with Crippen LogP contribution in [0.25, 0.3) is 0 Å². The van der Waals surface area contributed by atoms with E-state index in [0.29, 0.717) is 86.5 Å². The number of carbonyl (C=O) groups is 1. The molecule has 1 aromatic heterocycles. The Labute approximate surface area is 372 Å². The first-order valence-corrected chi connectivity index (χ1v) is 26.0. The number of nitrogens with one attached hydrogen (secondary N) is 1. The van der Waals surface area contributed by atoms with Gasteiger partial charge in [0.2, 0.25) is 5.88 Å². The summed E-state index contributed by atoms with van der Waals surface area (Å²) in [6.07, 6.45) is 22.7. The number of pyridine rings is 1. The summed E-state index contributed by atoms with van der Waals surface area (Å²) in [5.74, 6) is 2.06. The molecule has 10 heteroatoms. The lowest BCUT2D eigenvalue weighted by molar-refractivity contribution is -0.221. The number of carboxylic acid groups (broad SMARTS) is 1. The molecule has 5 fully saturated rings. The quantitative estimate of drug-likeness (QED) is 0.185. The van der Waals surface area contributed by atoms with Gasteiger partial charge in [-0.3, -0.25) is 4.79 Å². The van der Waals surface area contributed by atoms with E-state index in [1.54, 1.807) is 18.3 Å². The minimum absolute atomic E-state index is 0.0230. The average molecular weight is 870 g/mol. The van der Waals surface area contributed by atoms with Gasteiger partial charge in [-0.1, -0.05) is 58.9 Å². The number of aliphatic hydroxyl groups is 1. The van der Waals surface area contributed by atoms with Crippen molar-refractivity contribution >= 4 is 15.8 Å². The number of allylic oxidation sites excluding steroid dienone is 5. The summed E-state index contributed by atoms with van der Waals surface area (Å²) in [5.41, 5.74) is 3.02. The largest absolute Gasteiger partial charge is 0.481 e. The van der Waals surface area contributed by atoms with Gasteiger partial charge in [0.1, 0.15) is 33.5 Å². The molecule has 340 valence electrons. The van der Waals surface area contributed by atoms with Crippen molar-refractivity contribution in [3.63, 3.8) is 0 Å². The van der Waals surface area contributed by atoms with E-state index in [2.05, 4.69) is 76.6 Å². The molecule has 0 bridgehead atoms. The van der Waals surface area contributed by atoms with Gasteiger partial charge in [-0.05, 0) is 197 Å². The van der Waals surface area contributed by atoms with Gasteiger partial charge in [0.25, 0.3) is 0 Å². The number of carboxylic acids is 1. The van der Waals surface area contributed by atoms with Crippen molar-refractivity contribution in [2.75, 3.05) is 19.4 Å². The second-order valence-electron chi connectivity index (χ2n) is 23.1. The molecule has 9 nitrogen and oxygen atoms in total. The molecule has 3 N–H and O–H groups in total. The summed E-state index contributed by atoms with van der Waals surface area (Å²) >= 11 is 0. The number of aliphatic carboxylic acids is 1. The third-order valence-corrected chi connectivity index (χ3v) is 21.7. The lowest BCUT2D eigenvalue weighted by atomic mass is 9.33. The Morgan fingerprint density at radius 2 is 1.69 bits per heavy atom. The fourth-order valence-electron chi connectivity index (χ4n) is 16.3. The lowest BCUT2D eigenvalue weighted by Gasteiger charge is -2.72. The van der Waals surface area contributed by atoms with Crippen LogP contribution in [0.5, 0.6) is 5.88 Å². The molecule has 0 amide bonds. The van der Waals surface area contributed by atoms with E-state index in [-0.39, 0.29) is 44.9 Å². The molecule has 1 aromatic rings. The monoisotopic (exact) mass is 870 g/mol. The van der Waals surface area contributed by atoms with Gasteiger partial charge in [-0.15, -0.1) is 0 Å². The van der Waals surface area contributed by atoms with E-state index >= 15 is 0 Å². The predicted octanol–water partition coefficient (Wildman–Crippen LogP) is 10.2. The fraction of sp³-hybridized carbons (Fsp3) is 0.750. The highest BCUT2D eigenvalue weighted by molar-refractivity contribution is 7.91. The third kappa shape index (κ3) is 7.25. The van der Waals surface area contributed by atoms with Crippen LogP contribution in [-0.2, 0) is 14.6 Å². The molecule has 0 unspecified atom stereocenters. The zero-order valence-electron chi connectivity index (χ0n) is 38.8.